The number of nitrogens with zero attached hydrogens (tertiary/aromatic N) is 2. The van der Waals surface area contributed by atoms with E-state index in [9.17, 15) is 14.4 Å². The fourth-order valence-electron chi connectivity index (χ4n) is 3.47. The number of carbonyl (C=O) groups excluding carboxylic acids is 3. The van der Waals surface area contributed by atoms with Crippen LogP contribution in [-0.4, -0.2) is 53.4 Å². The predicted molar refractivity (Wildman–Crippen MR) is 94.4 cm³/mol. The Labute approximate surface area is 151 Å². The molecule has 6 nitrogen and oxygen atoms in total. The minimum absolute atomic E-state index is 0.0906. The zero-order valence-corrected chi connectivity index (χ0v) is 14.1. The summed E-state index contributed by atoms with van der Waals surface area (Å²) in [5.74, 6) is -0.423. The first-order chi connectivity index (χ1) is 12.6. The Morgan fingerprint density at radius 1 is 0.962 bits per heavy atom. The maximum absolute atomic E-state index is 12.7. The molecule has 2 aromatic carbocycles. The quantitative estimate of drug-likeness (QED) is 0.853. The van der Waals surface area contributed by atoms with Crippen LogP contribution < -0.4 is 0 Å². The van der Waals surface area contributed by atoms with E-state index in [1.807, 2.05) is 54.6 Å². The number of amides is 3. The number of hydrogen-bond donors (Lipinski definition) is 0. The molecule has 0 saturated carbocycles. The molecule has 0 spiro atoms. The number of benzene rings is 2. The number of imide groups is 1. The topological polar surface area (TPSA) is 66.9 Å². The second-order valence-corrected chi connectivity index (χ2v) is 6.46. The van der Waals surface area contributed by atoms with Gasteiger partial charge in [0.1, 0.15) is 0 Å². The lowest BCUT2D eigenvalue weighted by atomic mass is 10.0. The molecule has 0 bridgehead atoms. The lowest BCUT2D eigenvalue weighted by molar-refractivity contribution is -0.127. The van der Waals surface area contributed by atoms with Crippen molar-refractivity contribution < 1.29 is 19.1 Å². The van der Waals surface area contributed by atoms with Crippen molar-refractivity contribution >= 4 is 17.9 Å². The molecule has 6 heteroatoms. The number of cyclic esters (lactones) is 1. The van der Waals surface area contributed by atoms with E-state index in [1.165, 1.54) is 0 Å². The van der Waals surface area contributed by atoms with Crippen LogP contribution in [0.25, 0.3) is 11.1 Å². The van der Waals surface area contributed by atoms with Crippen molar-refractivity contribution in [1.82, 2.24) is 9.80 Å². The van der Waals surface area contributed by atoms with E-state index in [-0.39, 0.29) is 24.5 Å². The van der Waals surface area contributed by atoms with E-state index in [0.29, 0.717) is 25.1 Å². The molecule has 0 aromatic heterocycles. The molecule has 3 amide bonds. The molecule has 0 aliphatic carbocycles. The highest BCUT2D eigenvalue weighted by molar-refractivity contribution is 5.99. The van der Waals surface area contributed by atoms with Crippen molar-refractivity contribution in [3.8, 4) is 11.1 Å². The largest absolute Gasteiger partial charge is 0.439 e. The van der Waals surface area contributed by atoms with Gasteiger partial charge in [-0.15, -0.1) is 0 Å². The summed E-state index contributed by atoms with van der Waals surface area (Å²) in [4.78, 5) is 39.0. The molecule has 2 aliphatic rings. The van der Waals surface area contributed by atoms with Crippen LogP contribution in [0.5, 0.6) is 0 Å². The Balaban J connectivity index is 1.45. The van der Waals surface area contributed by atoms with E-state index in [0.717, 1.165) is 16.0 Å². The SMILES string of the molecule is O=C(c1ccc(-c2ccccc2)cc1)N1CCC(N2C(=O)COC2=O)C1. The second-order valence-electron chi connectivity index (χ2n) is 6.46. The molecule has 0 radical (unpaired) electrons. The Morgan fingerprint density at radius 3 is 2.31 bits per heavy atom. The zero-order valence-electron chi connectivity index (χ0n) is 14.1. The minimum atomic E-state index is -0.610. The third-order valence-electron chi connectivity index (χ3n) is 4.84. The molecular weight excluding hydrogens is 332 g/mol. The van der Waals surface area contributed by atoms with Gasteiger partial charge in [-0.3, -0.25) is 9.59 Å². The summed E-state index contributed by atoms with van der Waals surface area (Å²) in [5.41, 5.74) is 2.74. The normalized spacial score (nSPS) is 19.8. The van der Waals surface area contributed by atoms with E-state index in [2.05, 4.69) is 0 Å². The lowest BCUT2D eigenvalue weighted by Gasteiger charge is -2.20. The summed E-state index contributed by atoms with van der Waals surface area (Å²) in [6, 6.07) is 17.1. The fraction of sp³-hybridized carbons (Fsp3) is 0.250. The first-order valence-electron chi connectivity index (χ1n) is 8.57. The standard InChI is InChI=1S/C20H18N2O4/c23-18-13-26-20(25)22(18)17-10-11-21(12-17)19(24)16-8-6-15(7-9-16)14-4-2-1-3-5-14/h1-9,17H,10-13H2. The average Bonchev–Trinajstić information content (AvgIpc) is 3.28. The van der Waals surface area contributed by atoms with Crippen molar-refractivity contribution in [3.05, 3.63) is 60.2 Å². The number of ether oxygens (including phenoxy) is 1. The molecule has 4 rings (SSSR count). The van der Waals surface area contributed by atoms with Crippen LogP contribution in [0.3, 0.4) is 0 Å². The van der Waals surface area contributed by atoms with Crippen LogP contribution >= 0.6 is 0 Å². The Hall–Kier alpha value is -3.15. The molecule has 2 aliphatic heterocycles. The highest BCUT2D eigenvalue weighted by Crippen LogP contribution is 2.23. The van der Waals surface area contributed by atoms with Crippen LogP contribution in [0, 0.1) is 0 Å². The van der Waals surface area contributed by atoms with Crippen molar-refractivity contribution in [3.63, 3.8) is 0 Å². The van der Waals surface area contributed by atoms with Crippen molar-refractivity contribution in [1.29, 1.82) is 0 Å². The average molecular weight is 350 g/mol. The number of carbonyl (C=O) groups is 3. The van der Waals surface area contributed by atoms with E-state index < -0.39 is 6.09 Å². The molecule has 2 heterocycles. The Bertz CT molecular complexity index is 832. The summed E-state index contributed by atoms with van der Waals surface area (Å²) >= 11 is 0. The van der Waals surface area contributed by atoms with E-state index in [4.69, 9.17) is 4.74 Å². The highest BCUT2D eigenvalue weighted by atomic mass is 16.6. The number of likely N-dealkylation sites (tertiary alicyclic amines) is 1. The van der Waals surface area contributed by atoms with Gasteiger partial charge in [0.2, 0.25) is 0 Å². The predicted octanol–water partition coefficient (Wildman–Crippen LogP) is 2.55. The highest BCUT2D eigenvalue weighted by Gasteiger charge is 2.41. The van der Waals surface area contributed by atoms with Gasteiger partial charge in [-0.25, -0.2) is 9.69 Å². The fourth-order valence-corrected chi connectivity index (χ4v) is 3.47. The van der Waals surface area contributed by atoms with Gasteiger partial charge in [-0.1, -0.05) is 42.5 Å². The lowest BCUT2D eigenvalue weighted by Crippen LogP contribution is -2.42. The molecule has 2 fully saturated rings. The van der Waals surface area contributed by atoms with Gasteiger partial charge in [0, 0.05) is 18.7 Å². The van der Waals surface area contributed by atoms with Crippen LogP contribution in [0.1, 0.15) is 16.8 Å². The van der Waals surface area contributed by atoms with Gasteiger partial charge >= 0.3 is 6.09 Å². The summed E-state index contributed by atoms with van der Waals surface area (Å²) in [5, 5.41) is 0. The molecule has 1 atom stereocenters. The Kier molecular flexibility index (Phi) is 4.16. The van der Waals surface area contributed by atoms with E-state index in [1.54, 1.807) is 4.90 Å². The number of rotatable bonds is 3. The van der Waals surface area contributed by atoms with Gasteiger partial charge in [-0.05, 0) is 29.7 Å². The molecule has 26 heavy (non-hydrogen) atoms. The number of hydrogen-bond acceptors (Lipinski definition) is 4. The molecule has 0 N–H and O–H groups in total. The van der Waals surface area contributed by atoms with E-state index >= 15 is 0 Å². The summed E-state index contributed by atoms with van der Waals surface area (Å²) in [6.07, 6.45) is -0.0317. The third-order valence-corrected chi connectivity index (χ3v) is 4.84. The summed E-state index contributed by atoms with van der Waals surface area (Å²) in [6.45, 7) is 0.658. The zero-order chi connectivity index (χ0) is 18.1. The van der Waals surface area contributed by atoms with Crippen molar-refractivity contribution in [2.45, 2.75) is 12.5 Å². The third kappa shape index (κ3) is 2.94. The maximum atomic E-state index is 12.7. The monoisotopic (exact) mass is 350 g/mol. The summed E-state index contributed by atoms with van der Waals surface area (Å²) < 4.78 is 4.76. The van der Waals surface area contributed by atoms with Gasteiger partial charge in [-0.2, -0.15) is 0 Å². The van der Waals surface area contributed by atoms with Crippen LogP contribution in [0.2, 0.25) is 0 Å². The van der Waals surface area contributed by atoms with Gasteiger partial charge in [0.15, 0.2) is 6.61 Å². The smallest absolute Gasteiger partial charge is 0.417 e. The molecule has 132 valence electrons. The first-order valence-corrected chi connectivity index (χ1v) is 8.57. The van der Waals surface area contributed by atoms with Gasteiger partial charge < -0.3 is 9.64 Å². The molecule has 2 saturated heterocycles. The van der Waals surface area contributed by atoms with Gasteiger partial charge in [0.05, 0.1) is 6.04 Å². The molecular formula is C20H18N2O4. The van der Waals surface area contributed by atoms with Crippen molar-refractivity contribution in [2.24, 2.45) is 0 Å². The Morgan fingerprint density at radius 2 is 1.65 bits per heavy atom. The van der Waals surface area contributed by atoms with Crippen molar-refractivity contribution in [2.75, 3.05) is 19.7 Å². The van der Waals surface area contributed by atoms with Crippen LogP contribution in [0.4, 0.5) is 4.79 Å². The van der Waals surface area contributed by atoms with Gasteiger partial charge in [0.25, 0.3) is 11.8 Å². The second kappa shape index (κ2) is 6.63. The maximum Gasteiger partial charge on any atom is 0.417 e. The molecule has 1 unspecified atom stereocenters. The summed E-state index contributed by atoms with van der Waals surface area (Å²) in [7, 11) is 0. The van der Waals surface area contributed by atoms with Crippen LogP contribution in [-0.2, 0) is 9.53 Å². The molecule has 2 aromatic rings. The first kappa shape index (κ1) is 16.3. The minimum Gasteiger partial charge on any atom is -0.439 e. The van der Waals surface area contributed by atoms with Crippen LogP contribution in [0.15, 0.2) is 54.6 Å².